The van der Waals surface area contributed by atoms with Crippen molar-refractivity contribution in [2.75, 3.05) is 33.7 Å². The van der Waals surface area contributed by atoms with E-state index in [0.717, 1.165) is 25.1 Å². The van der Waals surface area contributed by atoms with Gasteiger partial charge in [0.25, 0.3) is 0 Å². The minimum absolute atomic E-state index is 0.280. The van der Waals surface area contributed by atoms with Crippen molar-refractivity contribution in [3.63, 3.8) is 0 Å². The van der Waals surface area contributed by atoms with Gasteiger partial charge in [-0.2, -0.15) is 5.10 Å². The van der Waals surface area contributed by atoms with Crippen molar-refractivity contribution >= 4 is 6.21 Å². The molecule has 2 rings (SSSR count). The van der Waals surface area contributed by atoms with E-state index in [2.05, 4.69) is 10.1 Å². The van der Waals surface area contributed by atoms with Crippen molar-refractivity contribution in [1.82, 2.24) is 5.01 Å². The molecule has 0 N–H and O–H groups in total. The lowest BCUT2D eigenvalue weighted by atomic mass is 10.2. The van der Waals surface area contributed by atoms with Crippen LogP contribution in [0.25, 0.3) is 0 Å². The van der Waals surface area contributed by atoms with E-state index in [1.807, 2.05) is 30.3 Å². The Balaban J connectivity index is 1.54. The largest absolute Gasteiger partial charge is 0.382 e. The Morgan fingerprint density at radius 1 is 1.29 bits per heavy atom. The molecule has 0 spiro atoms. The Morgan fingerprint density at radius 3 is 2.95 bits per heavy atom. The van der Waals surface area contributed by atoms with Crippen LogP contribution in [0.4, 0.5) is 0 Å². The molecule has 116 valence electrons. The number of nitrogens with zero attached hydrogens (tertiary/aromatic N) is 2. The predicted octanol–water partition coefficient (Wildman–Crippen LogP) is 2.27. The number of hydrogen-bond acceptors (Lipinski definition) is 5. The van der Waals surface area contributed by atoms with Crippen molar-refractivity contribution in [2.24, 2.45) is 5.10 Å². The third kappa shape index (κ3) is 5.83. The molecule has 1 saturated heterocycles. The number of methoxy groups -OCH3 is 1. The molecule has 0 aromatic heterocycles. The fraction of sp³-hybridized carbons (Fsp3) is 0.562. The molecule has 1 atom stereocenters. The molecule has 0 radical (unpaired) electrons. The van der Waals surface area contributed by atoms with Crippen molar-refractivity contribution in [2.45, 2.75) is 25.5 Å². The summed E-state index contributed by atoms with van der Waals surface area (Å²) in [5.74, 6) is 0. The minimum atomic E-state index is 0.280. The zero-order chi connectivity index (χ0) is 14.8. The fourth-order valence-corrected chi connectivity index (χ4v) is 2.37. The number of benzene rings is 1. The molecule has 1 aromatic rings. The normalized spacial score (nSPS) is 18.7. The Morgan fingerprint density at radius 2 is 2.14 bits per heavy atom. The van der Waals surface area contributed by atoms with E-state index in [4.69, 9.17) is 14.2 Å². The van der Waals surface area contributed by atoms with Gasteiger partial charge in [0.15, 0.2) is 0 Å². The van der Waals surface area contributed by atoms with Crippen LogP contribution in [-0.4, -0.2) is 50.9 Å². The van der Waals surface area contributed by atoms with Crippen LogP contribution >= 0.6 is 0 Å². The maximum atomic E-state index is 5.43. The summed E-state index contributed by atoms with van der Waals surface area (Å²) >= 11 is 0. The van der Waals surface area contributed by atoms with Crippen molar-refractivity contribution < 1.29 is 14.2 Å². The summed E-state index contributed by atoms with van der Waals surface area (Å²) < 4.78 is 16.0. The number of ether oxygens (including phenoxy) is 3. The van der Waals surface area contributed by atoms with Crippen molar-refractivity contribution in [3.8, 4) is 0 Å². The quantitative estimate of drug-likeness (QED) is 0.398. The average Bonchev–Trinajstić information content (AvgIpc) is 2.95. The first-order chi connectivity index (χ1) is 10.4. The van der Waals surface area contributed by atoms with E-state index in [1.165, 1.54) is 6.42 Å². The van der Waals surface area contributed by atoms with Gasteiger partial charge in [-0.05, 0) is 18.4 Å². The molecular weight excluding hydrogens is 268 g/mol. The molecule has 21 heavy (non-hydrogen) atoms. The average molecular weight is 292 g/mol. The van der Waals surface area contributed by atoms with E-state index < -0.39 is 0 Å². The molecule has 0 saturated carbocycles. The van der Waals surface area contributed by atoms with E-state index in [0.29, 0.717) is 19.3 Å². The van der Waals surface area contributed by atoms with Gasteiger partial charge in [0.1, 0.15) is 6.79 Å². The minimum Gasteiger partial charge on any atom is -0.382 e. The second kappa shape index (κ2) is 9.50. The van der Waals surface area contributed by atoms with E-state index >= 15 is 0 Å². The van der Waals surface area contributed by atoms with E-state index in [-0.39, 0.29) is 6.79 Å². The zero-order valence-corrected chi connectivity index (χ0v) is 12.6. The zero-order valence-electron chi connectivity index (χ0n) is 12.6. The van der Waals surface area contributed by atoms with Gasteiger partial charge in [0.05, 0.1) is 32.1 Å². The first-order valence-electron chi connectivity index (χ1n) is 7.37. The topological polar surface area (TPSA) is 43.3 Å². The molecule has 0 aliphatic carbocycles. The lowest BCUT2D eigenvalue weighted by Gasteiger charge is -2.20. The van der Waals surface area contributed by atoms with Gasteiger partial charge in [-0.1, -0.05) is 30.3 Å². The number of hydrogen-bond donors (Lipinski definition) is 0. The molecule has 1 aromatic carbocycles. The molecule has 5 nitrogen and oxygen atoms in total. The highest BCUT2D eigenvalue weighted by Gasteiger charge is 2.22. The highest BCUT2D eigenvalue weighted by molar-refractivity contribution is 5.58. The molecule has 1 aliphatic heterocycles. The van der Waals surface area contributed by atoms with Crippen LogP contribution in [0.2, 0.25) is 0 Å². The smallest absolute Gasteiger partial charge is 0.147 e. The second-order valence-electron chi connectivity index (χ2n) is 5.04. The Labute approximate surface area is 126 Å². The molecule has 1 fully saturated rings. The molecular formula is C16H24N2O3. The lowest BCUT2D eigenvalue weighted by Crippen LogP contribution is -2.28. The Bertz CT molecular complexity index is 411. The monoisotopic (exact) mass is 292 g/mol. The predicted molar refractivity (Wildman–Crippen MR) is 82.1 cm³/mol. The van der Waals surface area contributed by atoms with Gasteiger partial charge in [0.2, 0.25) is 0 Å². The van der Waals surface area contributed by atoms with Crippen LogP contribution in [0.1, 0.15) is 18.4 Å². The number of rotatable bonds is 9. The van der Waals surface area contributed by atoms with Crippen molar-refractivity contribution in [1.29, 1.82) is 0 Å². The van der Waals surface area contributed by atoms with Gasteiger partial charge < -0.3 is 14.2 Å². The molecule has 1 aliphatic rings. The van der Waals surface area contributed by atoms with E-state index in [9.17, 15) is 0 Å². The summed E-state index contributed by atoms with van der Waals surface area (Å²) in [6, 6.07) is 10.5. The fourth-order valence-electron chi connectivity index (χ4n) is 2.37. The molecule has 0 unspecified atom stereocenters. The van der Waals surface area contributed by atoms with Gasteiger partial charge in [-0.3, -0.25) is 5.01 Å². The van der Waals surface area contributed by atoms with Crippen molar-refractivity contribution in [3.05, 3.63) is 35.9 Å². The summed E-state index contributed by atoms with van der Waals surface area (Å²) in [5, 5.41) is 6.51. The maximum Gasteiger partial charge on any atom is 0.147 e. The first-order valence-corrected chi connectivity index (χ1v) is 7.37. The van der Waals surface area contributed by atoms with Crippen LogP contribution in [0.3, 0.4) is 0 Å². The molecule has 5 heteroatoms. The van der Waals surface area contributed by atoms with Gasteiger partial charge >= 0.3 is 0 Å². The first kappa shape index (κ1) is 15.9. The van der Waals surface area contributed by atoms with Gasteiger partial charge in [-0.25, -0.2) is 0 Å². The third-order valence-electron chi connectivity index (χ3n) is 3.41. The standard InChI is InChI=1S/C16H24N2O3/c1-19-13-16-8-5-10-18(16)17-9-11-20-14-21-12-15-6-3-2-4-7-15/h2-4,6-7,9,16H,5,8,10-14H2,1H3/b17-9+/t16-/m0/s1. The highest BCUT2D eigenvalue weighted by Crippen LogP contribution is 2.16. The summed E-state index contributed by atoms with van der Waals surface area (Å²) in [6.45, 7) is 3.04. The van der Waals surface area contributed by atoms with Crippen LogP contribution in [-0.2, 0) is 20.8 Å². The number of hydrazone groups is 1. The van der Waals surface area contributed by atoms with Gasteiger partial charge in [-0.15, -0.1) is 0 Å². The summed E-state index contributed by atoms with van der Waals surface area (Å²) in [5.41, 5.74) is 1.15. The summed E-state index contributed by atoms with van der Waals surface area (Å²) in [4.78, 5) is 0. The Hall–Kier alpha value is -1.43. The lowest BCUT2D eigenvalue weighted by molar-refractivity contribution is -0.0480. The molecule has 1 heterocycles. The van der Waals surface area contributed by atoms with Gasteiger partial charge in [0, 0.05) is 13.7 Å². The SMILES string of the molecule is COC[C@@H]1CCCN1/N=C/COCOCc1ccccc1. The molecule has 0 amide bonds. The van der Waals surface area contributed by atoms with Crippen LogP contribution in [0, 0.1) is 0 Å². The highest BCUT2D eigenvalue weighted by atomic mass is 16.7. The summed E-state index contributed by atoms with van der Waals surface area (Å²) in [6.07, 6.45) is 4.11. The summed E-state index contributed by atoms with van der Waals surface area (Å²) in [7, 11) is 1.73. The molecule has 0 bridgehead atoms. The second-order valence-corrected chi connectivity index (χ2v) is 5.04. The van der Waals surface area contributed by atoms with E-state index in [1.54, 1.807) is 13.3 Å². The van der Waals surface area contributed by atoms with Crippen LogP contribution in [0.15, 0.2) is 35.4 Å². The Kier molecular flexibility index (Phi) is 7.21. The maximum absolute atomic E-state index is 5.43. The van der Waals surface area contributed by atoms with Crippen LogP contribution < -0.4 is 0 Å². The third-order valence-corrected chi connectivity index (χ3v) is 3.41. The van der Waals surface area contributed by atoms with Crippen LogP contribution in [0.5, 0.6) is 0 Å².